The highest BCUT2D eigenvalue weighted by Gasteiger charge is 2.01. The van der Waals surface area contributed by atoms with E-state index in [4.69, 9.17) is 0 Å². The molecule has 6 heteroatoms. The third kappa shape index (κ3) is 7.17. The van der Waals surface area contributed by atoms with Crippen molar-refractivity contribution in [3.05, 3.63) is 51.0 Å². The summed E-state index contributed by atoms with van der Waals surface area (Å²) in [4.78, 5) is 9.90. The predicted molar refractivity (Wildman–Crippen MR) is 115 cm³/mol. The van der Waals surface area contributed by atoms with E-state index in [0.717, 1.165) is 31.9 Å². The summed E-state index contributed by atoms with van der Waals surface area (Å²) in [5.74, 6) is 0.850. The Kier molecular flexibility index (Phi) is 9.28. The van der Waals surface area contributed by atoms with Crippen LogP contribution in [0.3, 0.4) is 0 Å². The van der Waals surface area contributed by atoms with Crippen molar-refractivity contribution in [2.45, 2.75) is 33.6 Å². The number of hydrogen-bond acceptors (Lipinski definition) is 3. The van der Waals surface area contributed by atoms with Gasteiger partial charge in [0.15, 0.2) is 5.96 Å². The quantitative estimate of drug-likeness (QED) is 0.395. The van der Waals surface area contributed by atoms with Crippen LogP contribution < -0.4 is 10.6 Å². The average Bonchev–Trinajstić information content (AvgIpc) is 2.90. The molecule has 0 amide bonds. The van der Waals surface area contributed by atoms with E-state index in [0.29, 0.717) is 0 Å². The summed E-state index contributed by atoms with van der Waals surface area (Å²) in [6.45, 7) is 8.09. The second kappa shape index (κ2) is 10.7. The molecular formula is C18H27IN4S. The Labute approximate surface area is 166 Å². The molecule has 0 aliphatic carbocycles. The van der Waals surface area contributed by atoms with Crippen LogP contribution in [0.1, 0.15) is 26.6 Å². The zero-order valence-electron chi connectivity index (χ0n) is 14.8. The van der Waals surface area contributed by atoms with Gasteiger partial charge in [-0.05, 0) is 32.8 Å². The standard InChI is InChI=1S/C18H26N4S.HI/c1-13-9-14(2)11-16(10-13)5-7-20-18(19-4)21-8-6-17-22-12-15(3)23-17;/h9-12H,5-8H2,1-4H3,(H2,19,20,21);1H. The molecule has 0 radical (unpaired) electrons. The van der Waals surface area contributed by atoms with Gasteiger partial charge in [0.1, 0.15) is 0 Å². The molecule has 0 saturated carbocycles. The molecule has 2 rings (SSSR count). The Balaban J connectivity index is 0.00000288. The van der Waals surface area contributed by atoms with Gasteiger partial charge in [0.05, 0.1) is 5.01 Å². The summed E-state index contributed by atoms with van der Waals surface area (Å²) in [6.07, 6.45) is 3.85. The van der Waals surface area contributed by atoms with E-state index in [-0.39, 0.29) is 24.0 Å². The molecule has 0 aliphatic rings. The Hall–Kier alpha value is -1.15. The van der Waals surface area contributed by atoms with Crippen molar-refractivity contribution in [3.63, 3.8) is 0 Å². The Bertz CT molecular complexity index is 647. The van der Waals surface area contributed by atoms with E-state index in [1.54, 1.807) is 18.4 Å². The average molecular weight is 458 g/mol. The van der Waals surface area contributed by atoms with Gasteiger partial charge in [0.25, 0.3) is 0 Å². The first-order valence-electron chi connectivity index (χ1n) is 8.00. The highest BCUT2D eigenvalue weighted by Crippen LogP contribution is 2.11. The van der Waals surface area contributed by atoms with Gasteiger partial charge in [-0.1, -0.05) is 29.3 Å². The van der Waals surface area contributed by atoms with Crippen LogP contribution >= 0.6 is 35.3 Å². The van der Waals surface area contributed by atoms with E-state index in [2.05, 4.69) is 59.6 Å². The van der Waals surface area contributed by atoms with Crippen LogP contribution in [-0.4, -0.2) is 31.1 Å². The smallest absolute Gasteiger partial charge is 0.191 e. The molecule has 0 saturated heterocycles. The first-order valence-corrected chi connectivity index (χ1v) is 8.81. The van der Waals surface area contributed by atoms with E-state index in [1.807, 2.05) is 6.20 Å². The van der Waals surface area contributed by atoms with Crippen molar-refractivity contribution in [2.75, 3.05) is 20.1 Å². The van der Waals surface area contributed by atoms with Crippen LogP contribution in [0.5, 0.6) is 0 Å². The maximum atomic E-state index is 4.37. The fraction of sp³-hybridized carbons (Fsp3) is 0.444. The number of benzene rings is 1. The fourth-order valence-electron chi connectivity index (χ4n) is 2.56. The van der Waals surface area contributed by atoms with Crippen molar-refractivity contribution in [3.8, 4) is 0 Å². The summed E-state index contributed by atoms with van der Waals surface area (Å²) in [5.41, 5.74) is 4.01. The minimum Gasteiger partial charge on any atom is -0.356 e. The summed E-state index contributed by atoms with van der Waals surface area (Å²) >= 11 is 1.75. The molecule has 1 aromatic heterocycles. The molecule has 2 aromatic rings. The molecular weight excluding hydrogens is 431 g/mol. The molecule has 0 spiro atoms. The SMILES string of the molecule is CN=C(NCCc1cc(C)cc(C)c1)NCCc1ncc(C)s1.I. The van der Waals surface area contributed by atoms with Crippen molar-refractivity contribution < 1.29 is 0 Å². The largest absolute Gasteiger partial charge is 0.356 e. The minimum absolute atomic E-state index is 0. The molecule has 1 aromatic carbocycles. The lowest BCUT2D eigenvalue weighted by atomic mass is 10.1. The van der Waals surface area contributed by atoms with E-state index in [9.17, 15) is 0 Å². The number of hydrogen-bond donors (Lipinski definition) is 2. The van der Waals surface area contributed by atoms with E-state index in [1.165, 1.54) is 26.6 Å². The maximum absolute atomic E-state index is 4.37. The number of thiazole rings is 1. The molecule has 24 heavy (non-hydrogen) atoms. The highest BCUT2D eigenvalue weighted by atomic mass is 127. The highest BCUT2D eigenvalue weighted by molar-refractivity contribution is 14.0. The first-order chi connectivity index (χ1) is 11.1. The lowest BCUT2D eigenvalue weighted by Gasteiger charge is -2.12. The van der Waals surface area contributed by atoms with Gasteiger partial charge >= 0.3 is 0 Å². The molecule has 0 aliphatic heterocycles. The molecule has 132 valence electrons. The van der Waals surface area contributed by atoms with Crippen LogP contribution in [0.25, 0.3) is 0 Å². The first kappa shape index (κ1) is 20.9. The van der Waals surface area contributed by atoms with Crippen LogP contribution in [0.15, 0.2) is 29.4 Å². The van der Waals surface area contributed by atoms with E-state index < -0.39 is 0 Å². The zero-order chi connectivity index (χ0) is 16.7. The Morgan fingerprint density at radius 3 is 2.21 bits per heavy atom. The fourth-order valence-corrected chi connectivity index (χ4v) is 3.35. The Morgan fingerprint density at radius 1 is 1.04 bits per heavy atom. The number of guanidine groups is 1. The number of aromatic nitrogens is 1. The summed E-state index contributed by atoms with van der Waals surface area (Å²) < 4.78 is 0. The van der Waals surface area contributed by atoms with Crippen molar-refractivity contribution in [1.29, 1.82) is 0 Å². The lowest BCUT2D eigenvalue weighted by molar-refractivity contribution is 0.782. The number of halogens is 1. The van der Waals surface area contributed by atoms with Crippen LogP contribution in [0.2, 0.25) is 0 Å². The van der Waals surface area contributed by atoms with Gasteiger partial charge in [-0.3, -0.25) is 4.99 Å². The monoisotopic (exact) mass is 458 g/mol. The van der Waals surface area contributed by atoms with Crippen molar-refractivity contribution in [1.82, 2.24) is 15.6 Å². The third-order valence-corrected chi connectivity index (χ3v) is 4.48. The molecule has 1 heterocycles. The lowest BCUT2D eigenvalue weighted by Crippen LogP contribution is -2.39. The van der Waals surface area contributed by atoms with Gasteiger partial charge in [-0.25, -0.2) is 4.98 Å². The normalized spacial score (nSPS) is 11.1. The van der Waals surface area contributed by atoms with Gasteiger partial charge in [0.2, 0.25) is 0 Å². The second-order valence-corrected chi connectivity index (χ2v) is 7.11. The number of aryl methyl sites for hydroxylation is 3. The second-order valence-electron chi connectivity index (χ2n) is 5.79. The van der Waals surface area contributed by atoms with Crippen molar-refractivity contribution in [2.24, 2.45) is 4.99 Å². The topological polar surface area (TPSA) is 49.3 Å². The molecule has 0 fully saturated rings. The number of nitrogens with zero attached hydrogens (tertiary/aromatic N) is 2. The minimum atomic E-state index is 0. The third-order valence-electron chi connectivity index (χ3n) is 3.51. The maximum Gasteiger partial charge on any atom is 0.191 e. The molecule has 2 N–H and O–H groups in total. The summed E-state index contributed by atoms with van der Waals surface area (Å²) in [5, 5.41) is 7.88. The van der Waals surface area contributed by atoms with Gasteiger partial charge < -0.3 is 10.6 Å². The number of aliphatic imine (C=N–C) groups is 1. The van der Waals surface area contributed by atoms with Crippen LogP contribution in [0.4, 0.5) is 0 Å². The molecule has 0 unspecified atom stereocenters. The molecule has 0 atom stereocenters. The van der Waals surface area contributed by atoms with Crippen LogP contribution in [-0.2, 0) is 12.8 Å². The Morgan fingerprint density at radius 2 is 1.67 bits per heavy atom. The van der Waals surface area contributed by atoms with Crippen molar-refractivity contribution >= 4 is 41.3 Å². The summed E-state index contributed by atoms with van der Waals surface area (Å²) in [6, 6.07) is 6.70. The van der Waals surface area contributed by atoms with Crippen LogP contribution in [0, 0.1) is 20.8 Å². The number of rotatable bonds is 6. The van der Waals surface area contributed by atoms with Gasteiger partial charge in [-0.15, -0.1) is 35.3 Å². The zero-order valence-corrected chi connectivity index (χ0v) is 18.0. The molecule has 0 bridgehead atoms. The van der Waals surface area contributed by atoms with Gasteiger partial charge in [-0.2, -0.15) is 0 Å². The number of nitrogens with one attached hydrogen (secondary N) is 2. The van der Waals surface area contributed by atoms with E-state index >= 15 is 0 Å². The predicted octanol–water partition coefficient (Wildman–Crippen LogP) is 3.64. The van der Waals surface area contributed by atoms with Gasteiger partial charge in [0, 0.05) is 37.6 Å². The summed E-state index contributed by atoms with van der Waals surface area (Å²) in [7, 11) is 1.81. The molecule has 4 nitrogen and oxygen atoms in total.